The molecule has 0 aromatic heterocycles. The molecule has 1 amide bonds. The third kappa shape index (κ3) is 6.71. The first-order chi connectivity index (χ1) is 14.1. The van der Waals surface area contributed by atoms with Crippen molar-refractivity contribution < 1.29 is 13.9 Å². The van der Waals surface area contributed by atoms with Crippen LogP contribution in [0.1, 0.15) is 31.2 Å². The topological polar surface area (TPSA) is 41.6 Å². The monoisotopic (exact) mass is 396 g/mol. The van der Waals surface area contributed by atoms with E-state index in [0.29, 0.717) is 12.3 Å². The van der Waals surface area contributed by atoms with Gasteiger partial charge in [0.2, 0.25) is 5.91 Å². The maximum Gasteiger partial charge on any atom is 0.224 e. The molecule has 1 aliphatic rings. The summed E-state index contributed by atoms with van der Waals surface area (Å²) in [7, 11) is 1.67. The van der Waals surface area contributed by atoms with Crippen LogP contribution in [0.15, 0.2) is 54.6 Å². The highest BCUT2D eigenvalue weighted by Gasteiger charge is 2.20. The van der Waals surface area contributed by atoms with Crippen molar-refractivity contribution in [1.29, 1.82) is 0 Å². The van der Waals surface area contributed by atoms with Crippen molar-refractivity contribution in [2.24, 2.45) is 5.92 Å². The molecule has 3 rings (SSSR count). The van der Waals surface area contributed by atoms with Crippen molar-refractivity contribution in [3.05, 3.63) is 66.0 Å². The first kappa shape index (κ1) is 21.1. The van der Waals surface area contributed by atoms with Gasteiger partial charge in [0, 0.05) is 19.5 Å². The molecule has 2 aromatic rings. The summed E-state index contributed by atoms with van der Waals surface area (Å²) in [5, 5.41) is 2.67. The Morgan fingerprint density at radius 3 is 2.79 bits per heavy atom. The van der Waals surface area contributed by atoms with Crippen LogP contribution in [0.5, 0.6) is 5.75 Å². The van der Waals surface area contributed by atoms with Crippen LogP contribution in [0.4, 0.5) is 10.1 Å². The number of benzene rings is 2. The molecule has 2 aromatic carbocycles. The van der Waals surface area contributed by atoms with E-state index in [9.17, 15) is 9.18 Å². The van der Waals surface area contributed by atoms with Crippen LogP contribution in [0, 0.1) is 11.7 Å². The Labute approximate surface area is 172 Å². The van der Waals surface area contributed by atoms with Gasteiger partial charge in [0.25, 0.3) is 0 Å². The van der Waals surface area contributed by atoms with E-state index in [0.717, 1.165) is 50.2 Å². The molecule has 0 radical (unpaired) electrons. The largest absolute Gasteiger partial charge is 0.497 e. The van der Waals surface area contributed by atoms with Crippen LogP contribution in [0.25, 0.3) is 6.08 Å². The van der Waals surface area contributed by atoms with Crippen molar-refractivity contribution in [3.8, 4) is 5.75 Å². The molecule has 1 aliphatic heterocycles. The normalized spacial score (nSPS) is 17.4. The number of hydrogen-bond donors (Lipinski definition) is 1. The van der Waals surface area contributed by atoms with Crippen LogP contribution >= 0.6 is 0 Å². The SMILES string of the molecule is COc1ccc(/C=C/CN2CCC[C@H](CCC(=O)Nc3ccccc3F)C2)cc1. The summed E-state index contributed by atoms with van der Waals surface area (Å²) in [5.41, 5.74) is 1.41. The highest BCUT2D eigenvalue weighted by atomic mass is 19.1. The molecule has 0 saturated carbocycles. The second-order valence-electron chi connectivity index (χ2n) is 7.51. The number of anilines is 1. The van der Waals surface area contributed by atoms with E-state index >= 15 is 0 Å². The van der Waals surface area contributed by atoms with Crippen molar-refractivity contribution in [2.75, 3.05) is 32.1 Å². The zero-order chi connectivity index (χ0) is 20.5. The van der Waals surface area contributed by atoms with E-state index < -0.39 is 5.82 Å². The summed E-state index contributed by atoms with van der Waals surface area (Å²) < 4.78 is 18.8. The number of rotatable bonds is 8. The lowest BCUT2D eigenvalue weighted by atomic mass is 9.93. The van der Waals surface area contributed by atoms with Crippen LogP contribution in [-0.4, -0.2) is 37.6 Å². The van der Waals surface area contributed by atoms with Gasteiger partial charge in [0.15, 0.2) is 0 Å². The number of ether oxygens (including phenoxy) is 1. The zero-order valence-electron chi connectivity index (χ0n) is 16.9. The van der Waals surface area contributed by atoms with Crippen LogP contribution in [0.3, 0.4) is 0 Å². The van der Waals surface area contributed by atoms with Gasteiger partial charge in [-0.15, -0.1) is 0 Å². The molecule has 29 heavy (non-hydrogen) atoms. The number of para-hydroxylation sites is 1. The summed E-state index contributed by atoms with van der Waals surface area (Å²) in [4.78, 5) is 14.6. The minimum absolute atomic E-state index is 0.119. The summed E-state index contributed by atoms with van der Waals surface area (Å²) in [6.07, 6.45) is 7.87. The van der Waals surface area contributed by atoms with Gasteiger partial charge in [-0.1, -0.05) is 36.4 Å². The second-order valence-corrected chi connectivity index (χ2v) is 7.51. The number of piperidine rings is 1. The zero-order valence-corrected chi connectivity index (χ0v) is 16.9. The van der Waals surface area contributed by atoms with Crippen molar-refractivity contribution in [2.45, 2.75) is 25.7 Å². The minimum atomic E-state index is -0.395. The molecular formula is C24H29FN2O2. The highest BCUT2D eigenvalue weighted by Crippen LogP contribution is 2.22. The minimum Gasteiger partial charge on any atom is -0.497 e. The van der Waals surface area contributed by atoms with E-state index in [1.165, 1.54) is 6.07 Å². The Morgan fingerprint density at radius 2 is 2.03 bits per heavy atom. The summed E-state index contributed by atoms with van der Waals surface area (Å²) in [6.45, 7) is 2.99. The summed E-state index contributed by atoms with van der Waals surface area (Å²) in [5.74, 6) is 0.851. The second kappa shape index (κ2) is 10.8. The van der Waals surface area contributed by atoms with Gasteiger partial charge in [0.05, 0.1) is 12.8 Å². The molecule has 5 heteroatoms. The van der Waals surface area contributed by atoms with Gasteiger partial charge in [-0.3, -0.25) is 9.69 Å². The maximum absolute atomic E-state index is 13.6. The molecule has 1 N–H and O–H groups in total. The average Bonchev–Trinajstić information content (AvgIpc) is 2.75. The predicted octanol–water partition coefficient (Wildman–Crippen LogP) is 4.98. The average molecular weight is 397 g/mol. The standard InChI is InChI=1S/C24H29FN2O2/c1-29-21-13-10-19(11-14-21)6-4-16-27-17-5-7-20(18-27)12-15-24(28)26-23-9-3-2-8-22(23)25/h2-4,6,8-11,13-14,20H,5,7,12,15-18H2,1H3,(H,26,28)/b6-4+/t20-/m1/s1. The molecule has 1 saturated heterocycles. The van der Waals surface area contributed by atoms with Gasteiger partial charge in [-0.2, -0.15) is 0 Å². The predicted molar refractivity (Wildman–Crippen MR) is 115 cm³/mol. The van der Waals surface area contributed by atoms with Gasteiger partial charge in [0.1, 0.15) is 11.6 Å². The number of nitrogens with zero attached hydrogens (tertiary/aromatic N) is 1. The van der Waals surface area contributed by atoms with Crippen LogP contribution in [0.2, 0.25) is 0 Å². The van der Waals surface area contributed by atoms with E-state index in [1.807, 2.05) is 24.3 Å². The molecule has 0 bridgehead atoms. The number of carbonyl (C=O) groups excluding carboxylic acids is 1. The number of carbonyl (C=O) groups is 1. The molecular weight excluding hydrogens is 367 g/mol. The molecule has 1 atom stereocenters. The van der Waals surface area contributed by atoms with E-state index in [4.69, 9.17) is 4.74 Å². The Morgan fingerprint density at radius 1 is 1.24 bits per heavy atom. The quantitative estimate of drug-likeness (QED) is 0.684. The molecule has 1 fully saturated rings. The number of halogens is 1. The number of nitrogens with one attached hydrogen (secondary N) is 1. The molecule has 4 nitrogen and oxygen atoms in total. The van der Waals surface area contributed by atoms with Gasteiger partial charge < -0.3 is 10.1 Å². The van der Waals surface area contributed by atoms with Crippen LogP contribution < -0.4 is 10.1 Å². The summed E-state index contributed by atoms with van der Waals surface area (Å²) >= 11 is 0. The Bertz CT molecular complexity index is 820. The lowest BCUT2D eigenvalue weighted by Gasteiger charge is -2.31. The number of likely N-dealkylation sites (tertiary alicyclic amines) is 1. The lowest BCUT2D eigenvalue weighted by molar-refractivity contribution is -0.116. The third-order valence-electron chi connectivity index (χ3n) is 5.32. The molecule has 0 unspecified atom stereocenters. The van der Waals surface area contributed by atoms with Crippen molar-refractivity contribution in [1.82, 2.24) is 4.90 Å². The molecule has 0 aliphatic carbocycles. The smallest absolute Gasteiger partial charge is 0.224 e. The van der Waals surface area contributed by atoms with Crippen molar-refractivity contribution in [3.63, 3.8) is 0 Å². The van der Waals surface area contributed by atoms with Gasteiger partial charge >= 0.3 is 0 Å². The van der Waals surface area contributed by atoms with E-state index in [2.05, 4.69) is 22.4 Å². The fourth-order valence-corrected chi connectivity index (χ4v) is 3.72. The number of hydrogen-bond acceptors (Lipinski definition) is 3. The highest BCUT2D eigenvalue weighted by molar-refractivity contribution is 5.90. The van der Waals surface area contributed by atoms with Crippen LogP contribution in [-0.2, 0) is 4.79 Å². The number of amides is 1. The lowest BCUT2D eigenvalue weighted by Crippen LogP contribution is -2.35. The van der Waals surface area contributed by atoms with Crippen molar-refractivity contribution >= 4 is 17.7 Å². The fraction of sp³-hybridized carbons (Fsp3) is 0.375. The third-order valence-corrected chi connectivity index (χ3v) is 5.32. The number of methoxy groups -OCH3 is 1. The molecule has 154 valence electrons. The molecule has 0 spiro atoms. The Hall–Kier alpha value is -2.66. The fourth-order valence-electron chi connectivity index (χ4n) is 3.72. The maximum atomic E-state index is 13.6. The molecule has 1 heterocycles. The van der Waals surface area contributed by atoms with Gasteiger partial charge in [-0.25, -0.2) is 4.39 Å². The Balaban J connectivity index is 1.41. The Kier molecular flexibility index (Phi) is 7.82. The first-order valence-electron chi connectivity index (χ1n) is 10.2. The first-order valence-corrected chi connectivity index (χ1v) is 10.2. The summed E-state index contributed by atoms with van der Waals surface area (Å²) in [6, 6.07) is 14.3. The van der Waals surface area contributed by atoms with E-state index in [-0.39, 0.29) is 11.6 Å². The van der Waals surface area contributed by atoms with E-state index in [1.54, 1.807) is 25.3 Å². The van der Waals surface area contributed by atoms with Gasteiger partial charge in [-0.05, 0) is 61.6 Å².